The molecule has 1 aromatic heterocycles. The number of hydrogen-bond donors (Lipinski definition) is 0. The Morgan fingerprint density at radius 3 is 2.62 bits per heavy atom. The number of rotatable bonds is 4. The SMILES string of the molecule is CN(CC(=O)N1CCCC1)C(=O)c1cc(Br)cn1C1CC1. The zero-order valence-corrected chi connectivity index (χ0v) is 13.8. The summed E-state index contributed by atoms with van der Waals surface area (Å²) in [5.74, 6) is -0.0351. The lowest BCUT2D eigenvalue weighted by Crippen LogP contribution is -2.40. The molecule has 2 heterocycles. The van der Waals surface area contributed by atoms with Gasteiger partial charge in [-0.15, -0.1) is 0 Å². The van der Waals surface area contributed by atoms with E-state index >= 15 is 0 Å². The molecule has 1 saturated heterocycles. The van der Waals surface area contributed by atoms with Gasteiger partial charge >= 0.3 is 0 Å². The monoisotopic (exact) mass is 353 g/mol. The van der Waals surface area contributed by atoms with Crippen molar-refractivity contribution in [3.63, 3.8) is 0 Å². The van der Waals surface area contributed by atoms with Crippen molar-refractivity contribution < 1.29 is 9.59 Å². The molecule has 5 nitrogen and oxygen atoms in total. The highest BCUT2D eigenvalue weighted by atomic mass is 79.9. The summed E-state index contributed by atoms with van der Waals surface area (Å²) in [6.45, 7) is 1.81. The molecule has 0 N–H and O–H groups in total. The van der Waals surface area contributed by atoms with Crippen LogP contribution in [0.1, 0.15) is 42.2 Å². The molecular weight excluding hydrogens is 334 g/mol. The molecule has 21 heavy (non-hydrogen) atoms. The third-order valence-corrected chi connectivity index (χ3v) is 4.59. The van der Waals surface area contributed by atoms with Crippen LogP contribution < -0.4 is 0 Å². The van der Waals surface area contributed by atoms with Gasteiger partial charge in [0.05, 0.1) is 6.54 Å². The maximum atomic E-state index is 12.6. The quantitative estimate of drug-likeness (QED) is 0.833. The number of hydrogen-bond acceptors (Lipinski definition) is 2. The van der Waals surface area contributed by atoms with Gasteiger partial charge in [0.2, 0.25) is 5.91 Å². The highest BCUT2D eigenvalue weighted by molar-refractivity contribution is 9.10. The van der Waals surface area contributed by atoms with Crippen molar-refractivity contribution in [1.82, 2.24) is 14.4 Å². The van der Waals surface area contributed by atoms with Crippen LogP contribution in [-0.2, 0) is 4.79 Å². The second-order valence-electron chi connectivity index (χ2n) is 5.93. The molecule has 0 unspecified atom stereocenters. The van der Waals surface area contributed by atoms with Crippen LogP contribution in [0.4, 0.5) is 0 Å². The summed E-state index contributed by atoms with van der Waals surface area (Å²) in [6.07, 6.45) is 6.35. The van der Waals surface area contributed by atoms with E-state index in [2.05, 4.69) is 15.9 Å². The van der Waals surface area contributed by atoms with Crippen molar-refractivity contribution in [3.05, 3.63) is 22.4 Å². The van der Waals surface area contributed by atoms with E-state index in [1.165, 1.54) is 4.90 Å². The largest absolute Gasteiger partial charge is 0.341 e. The molecule has 0 atom stereocenters. The van der Waals surface area contributed by atoms with Crippen LogP contribution >= 0.6 is 15.9 Å². The summed E-state index contributed by atoms with van der Waals surface area (Å²) >= 11 is 3.43. The zero-order valence-electron chi connectivity index (χ0n) is 12.2. The molecule has 3 rings (SSSR count). The van der Waals surface area contributed by atoms with Crippen LogP contribution in [0.2, 0.25) is 0 Å². The lowest BCUT2D eigenvalue weighted by molar-refractivity contribution is -0.130. The molecule has 1 aromatic rings. The van der Waals surface area contributed by atoms with Crippen LogP contribution in [0.3, 0.4) is 0 Å². The van der Waals surface area contributed by atoms with E-state index in [0.717, 1.165) is 43.2 Å². The van der Waals surface area contributed by atoms with E-state index in [1.807, 2.05) is 21.7 Å². The minimum atomic E-state index is -0.0832. The van der Waals surface area contributed by atoms with Crippen LogP contribution in [0.15, 0.2) is 16.7 Å². The Kier molecular flexibility index (Phi) is 4.06. The fourth-order valence-corrected chi connectivity index (χ4v) is 3.25. The number of likely N-dealkylation sites (N-methyl/N-ethyl adjacent to an activating group) is 1. The first-order chi connectivity index (χ1) is 10.1. The van der Waals surface area contributed by atoms with Gasteiger partial charge < -0.3 is 14.4 Å². The topological polar surface area (TPSA) is 45.6 Å². The summed E-state index contributed by atoms with van der Waals surface area (Å²) in [4.78, 5) is 28.1. The fourth-order valence-electron chi connectivity index (χ4n) is 2.81. The fraction of sp³-hybridized carbons (Fsp3) is 0.600. The minimum Gasteiger partial charge on any atom is -0.341 e. The van der Waals surface area contributed by atoms with E-state index in [0.29, 0.717) is 11.7 Å². The van der Waals surface area contributed by atoms with Crippen molar-refractivity contribution >= 4 is 27.7 Å². The van der Waals surface area contributed by atoms with Gasteiger partial charge in [-0.3, -0.25) is 9.59 Å². The van der Waals surface area contributed by atoms with Crippen molar-refractivity contribution in [2.45, 2.75) is 31.7 Å². The molecule has 1 saturated carbocycles. The van der Waals surface area contributed by atoms with Crippen molar-refractivity contribution in [2.75, 3.05) is 26.7 Å². The molecule has 1 aliphatic heterocycles. The third-order valence-electron chi connectivity index (χ3n) is 4.15. The van der Waals surface area contributed by atoms with E-state index < -0.39 is 0 Å². The smallest absolute Gasteiger partial charge is 0.270 e. The zero-order chi connectivity index (χ0) is 15.0. The second-order valence-corrected chi connectivity index (χ2v) is 6.85. The van der Waals surface area contributed by atoms with Crippen LogP contribution in [0.25, 0.3) is 0 Å². The van der Waals surface area contributed by atoms with Gasteiger partial charge in [0.25, 0.3) is 5.91 Å². The van der Waals surface area contributed by atoms with Gasteiger partial charge in [0, 0.05) is 36.8 Å². The third kappa shape index (κ3) is 3.15. The van der Waals surface area contributed by atoms with Crippen LogP contribution in [0.5, 0.6) is 0 Å². The predicted molar refractivity (Wildman–Crippen MR) is 83.2 cm³/mol. The molecule has 114 valence electrons. The number of carbonyl (C=O) groups excluding carboxylic acids is 2. The molecule has 0 aromatic carbocycles. The van der Waals surface area contributed by atoms with Gasteiger partial charge in [0.1, 0.15) is 5.69 Å². The molecule has 1 aliphatic carbocycles. The summed E-state index contributed by atoms with van der Waals surface area (Å²) in [5, 5.41) is 0. The lowest BCUT2D eigenvalue weighted by Gasteiger charge is -2.21. The van der Waals surface area contributed by atoms with Gasteiger partial charge in [-0.25, -0.2) is 0 Å². The maximum Gasteiger partial charge on any atom is 0.270 e. The summed E-state index contributed by atoms with van der Waals surface area (Å²) in [7, 11) is 1.70. The Hall–Kier alpha value is -1.30. The normalized spacial score (nSPS) is 18.1. The van der Waals surface area contributed by atoms with Crippen LogP contribution in [-0.4, -0.2) is 52.9 Å². The van der Waals surface area contributed by atoms with E-state index in [-0.39, 0.29) is 18.4 Å². The van der Waals surface area contributed by atoms with Crippen molar-refractivity contribution in [1.29, 1.82) is 0 Å². The molecule has 2 amide bonds. The predicted octanol–water partition coefficient (Wildman–Crippen LogP) is 2.28. The first-order valence-electron chi connectivity index (χ1n) is 7.47. The van der Waals surface area contributed by atoms with E-state index in [1.54, 1.807) is 7.05 Å². The Bertz CT molecular complexity index is 559. The van der Waals surface area contributed by atoms with Gasteiger partial charge in [-0.05, 0) is 47.7 Å². The highest BCUT2D eigenvalue weighted by Gasteiger charge is 2.29. The average Bonchev–Trinajstić information content (AvgIpc) is 3.00. The number of aromatic nitrogens is 1. The maximum absolute atomic E-state index is 12.6. The Labute approximate surface area is 133 Å². The molecule has 0 bridgehead atoms. The number of amides is 2. The molecule has 2 aliphatic rings. The Morgan fingerprint density at radius 1 is 1.33 bits per heavy atom. The Balaban J connectivity index is 1.68. The minimum absolute atomic E-state index is 0.0481. The lowest BCUT2D eigenvalue weighted by atomic mass is 10.3. The molecule has 0 spiro atoms. The first kappa shape index (κ1) is 14.6. The first-order valence-corrected chi connectivity index (χ1v) is 8.26. The molecule has 0 radical (unpaired) electrons. The molecular formula is C15H20BrN3O2. The average molecular weight is 354 g/mol. The van der Waals surface area contributed by atoms with E-state index in [4.69, 9.17) is 0 Å². The summed E-state index contributed by atoms with van der Waals surface area (Å²) in [6, 6.07) is 2.29. The van der Waals surface area contributed by atoms with Crippen molar-refractivity contribution in [2.24, 2.45) is 0 Å². The van der Waals surface area contributed by atoms with Crippen LogP contribution in [0, 0.1) is 0 Å². The van der Waals surface area contributed by atoms with Gasteiger partial charge in [-0.1, -0.05) is 0 Å². The highest BCUT2D eigenvalue weighted by Crippen LogP contribution is 2.37. The summed E-state index contributed by atoms with van der Waals surface area (Å²) < 4.78 is 2.94. The molecule has 2 fully saturated rings. The summed E-state index contributed by atoms with van der Waals surface area (Å²) in [5.41, 5.74) is 0.668. The van der Waals surface area contributed by atoms with Gasteiger partial charge in [-0.2, -0.15) is 0 Å². The van der Waals surface area contributed by atoms with E-state index in [9.17, 15) is 9.59 Å². The Morgan fingerprint density at radius 2 is 2.00 bits per heavy atom. The number of nitrogens with zero attached hydrogens (tertiary/aromatic N) is 3. The van der Waals surface area contributed by atoms with Crippen molar-refractivity contribution in [3.8, 4) is 0 Å². The van der Waals surface area contributed by atoms with Gasteiger partial charge in [0.15, 0.2) is 0 Å². The number of carbonyl (C=O) groups is 2. The number of halogens is 1. The number of likely N-dealkylation sites (tertiary alicyclic amines) is 1. The molecule has 6 heteroatoms. The second kappa shape index (κ2) is 5.83. The standard InChI is InChI=1S/C15H20BrN3O2/c1-17(10-14(20)18-6-2-3-7-18)15(21)13-8-11(16)9-19(13)12-4-5-12/h8-9,12H,2-7,10H2,1H3.